The number of nitrogens with zero attached hydrogens (tertiary/aromatic N) is 1. The van der Waals surface area contributed by atoms with Crippen molar-refractivity contribution < 1.29 is 13.2 Å². The van der Waals surface area contributed by atoms with E-state index < -0.39 is 9.84 Å². The SMILES string of the molecule is Cc1cccc2nc(S(=O)(=O)CCC=O)cc(C)c12. The van der Waals surface area contributed by atoms with Crippen LogP contribution < -0.4 is 0 Å². The molecular formula is C14H15NO3S. The Morgan fingerprint density at radius 3 is 2.63 bits per heavy atom. The lowest BCUT2D eigenvalue weighted by Gasteiger charge is -2.08. The lowest BCUT2D eigenvalue weighted by molar-refractivity contribution is -0.107. The molecule has 0 aliphatic heterocycles. The molecule has 0 spiro atoms. The molecule has 0 aliphatic carbocycles. The Hall–Kier alpha value is -1.75. The first-order valence-electron chi connectivity index (χ1n) is 5.99. The second-order valence-corrected chi connectivity index (χ2v) is 6.58. The second-order valence-electron chi connectivity index (χ2n) is 4.52. The van der Waals surface area contributed by atoms with Gasteiger partial charge in [-0.15, -0.1) is 0 Å². The van der Waals surface area contributed by atoms with Gasteiger partial charge >= 0.3 is 0 Å². The van der Waals surface area contributed by atoms with E-state index in [0.717, 1.165) is 16.5 Å². The summed E-state index contributed by atoms with van der Waals surface area (Å²) in [7, 11) is -3.49. The average Bonchev–Trinajstić information content (AvgIpc) is 2.36. The number of carbonyl (C=O) groups is 1. The molecule has 1 aromatic carbocycles. The van der Waals surface area contributed by atoms with Crippen molar-refractivity contribution >= 4 is 27.0 Å². The molecule has 2 aromatic rings. The maximum atomic E-state index is 12.1. The summed E-state index contributed by atoms with van der Waals surface area (Å²) in [5, 5.41) is 1.03. The molecule has 1 heterocycles. The highest BCUT2D eigenvalue weighted by Gasteiger charge is 2.17. The first kappa shape index (κ1) is 13.7. The van der Waals surface area contributed by atoms with Crippen LogP contribution in [0.1, 0.15) is 17.5 Å². The monoisotopic (exact) mass is 277 g/mol. The first-order chi connectivity index (χ1) is 8.95. The van der Waals surface area contributed by atoms with Gasteiger partial charge < -0.3 is 4.79 Å². The highest BCUT2D eigenvalue weighted by Crippen LogP contribution is 2.23. The summed E-state index contributed by atoms with van der Waals surface area (Å²) in [6.45, 7) is 3.84. The number of fused-ring (bicyclic) bond motifs is 1. The minimum absolute atomic E-state index is 0.00504. The van der Waals surface area contributed by atoms with Crippen LogP contribution in [0.4, 0.5) is 0 Å². The summed E-state index contributed by atoms with van der Waals surface area (Å²) in [6, 6.07) is 7.20. The van der Waals surface area contributed by atoms with Crippen molar-refractivity contribution in [3.8, 4) is 0 Å². The Labute approximate surface area is 112 Å². The quantitative estimate of drug-likeness (QED) is 0.804. The van der Waals surface area contributed by atoms with E-state index >= 15 is 0 Å². The van der Waals surface area contributed by atoms with Crippen LogP contribution in [-0.2, 0) is 14.6 Å². The normalized spacial score (nSPS) is 11.7. The minimum atomic E-state index is -3.49. The zero-order chi connectivity index (χ0) is 14.0. The Morgan fingerprint density at radius 1 is 1.21 bits per heavy atom. The van der Waals surface area contributed by atoms with Gasteiger partial charge in [-0.3, -0.25) is 0 Å². The average molecular weight is 277 g/mol. The number of rotatable bonds is 4. The third-order valence-corrected chi connectivity index (χ3v) is 4.66. The number of sulfone groups is 1. The van der Waals surface area contributed by atoms with Crippen molar-refractivity contribution in [2.75, 3.05) is 5.75 Å². The molecule has 0 bridgehead atoms. The van der Waals surface area contributed by atoms with Crippen LogP contribution in [-0.4, -0.2) is 25.4 Å². The Bertz CT molecular complexity index is 736. The number of hydrogen-bond acceptors (Lipinski definition) is 4. The zero-order valence-corrected chi connectivity index (χ0v) is 11.7. The van der Waals surface area contributed by atoms with Gasteiger partial charge in [-0.25, -0.2) is 13.4 Å². The van der Waals surface area contributed by atoms with E-state index in [4.69, 9.17) is 0 Å². The van der Waals surface area contributed by atoms with Gasteiger partial charge in [0.05, 0.1) is 11.3 Å². The molecule has 0 saturated heterocycles. The summed E-state index contributed by atoms with van der Waals surface area (Å²) >= 11 is 0. The molecule has 19 heavy (non-hydrogen) atoms. The fourth-order valence-corrected chi connectivity index (χ4v) is 3.34. The van der Waals surface area contributed by atoms with Gasteiger partial charge in [0.25, 0.3) is 0 Å². The van der Waals surface area contributed by atoms with Crippen LogP contribution in [0.25, 0.3) is 10.9 Å². The molecule has 0 amide bonds. The Morgan fingerprint density at radius 2 is 1.95 bits per heavy atom. The molecule has 0 fully saturated rings. The number of benzene rings is 1. The summed E-state index contributed by atoms with van der Waals surface area (Å²) in [5.41, 5.74) is 2.62. The van der Waals surface area contributed by atoms with Gasteiger partial charge in [-0.1, -0.05) is 12.1 Å². The number of aryl methyl sites for hydroxylation is 2. The smallest absolute Gasteiger partial charge is 0.196 e. The molecule has 0 saturated carbocycles. The van der Waals surface area contributed by atoms with E-state index in [-0.39, 0.29) is 17.2 Å². The molecule has 0 aliphatic rings. The molecule has 0 N–H and O–H groups in total. The van der Waals surface area contributed by atoms with Crippen molar-refractivity contribution in [3.63, 3.8) is 0 Å². The first-order valence-corrected chi connectivity index (χ1v) is 7.64. The molecule has 4 nitrogen and oxygen atoms in total. The summed E-state index contributed by atoms with van der Waals surface area (Å²) in [4.78, 5) is 14.5. The lowest BCUT2D eigenvalue weighted by atomic mass is 10.1. The van der Waals surface area contributed by atoms with Crippen molar-refractivity contribution in [1.82, 2.24) is 4.98 Å². The van der Waals surface area contributed by atoms with Crippen LogP contribution >= 0.6 is 0 Å². The van der Waals surface area contributed by atoms with E-state index in [1.165, 1.54) is 0 Å². The predicted octanol–water partition coefficient (Wildman–Crippen LogP) is 2.21. The van der Waals surface area contributed by atoms with Gasteiger partial charge in [-0.05, 0) is 37.1 Å². The Balaban J connectivity index is 2.62. The maximum Gasteiger partial charge on any atom is 0.196 e. The molecule has 0 atom stereocenters. The summed E-state index contributed by atoms with van der Waals surface area (Å²) in [5.74, 6) is -0.194. The zero-order valence-electron chi connectivity index (χ0n) is 10.9. The topological polar surface area (TPSA) is 64.1 Å². The standard InChI is InChI=1S/C14H15NO3S/c1-10-5-3-6-12-14(10)11(2)9-13(15-12)19(17,18)8-4-7-16/h3,5-7,9H,4,8H2,1-2H3. The lowest BCUT2D eigenvalue weighted by Crippen LogP contribution is -2.10. The molecule has 0 radical (unpaired) electrons. The van der Waals surface area contributed by atoms with E-state index in [2.05, 4.69) is 4.98 Å². The van der Waals surface area contributed by atoms with Crippen LogP contribution in [0.5, 0.6) is 0 Å². The van der Waals surface area contributed by atoms with Gasteiger partial charge in [0.15, 0.2) is 14.9 Å². The van der Waals surface area contributed by atoms with Crippen LogP contribution in [0.3, 0.4) is 0 Å². The van der Waals surface area contributed by atoms with Crippen molar-refractivity contribution in [1.29, 1.82) is 0 Å². The minimum Gasteiger partial charge on any atom is -0.303 e. The molecule has 0 unspecified atom stereocenters. The number of pyridine rings is 1. The molecular weight excluding hydrogens is 262 g/mol. The Kier molecular flexibility index (Phi) is 3.66. The van der Waals surface area contributed by atoms with E-state index in [0.29, 0.717) is 11.8 Å². The van der Waals surface area contributed by atoms with Gasteiger partial charge in [-0.2, -0.15) is 0 Å². The number of aldehydes is 1. The molecule has 100 valence electrons. The van der Waals surface area contributed by atoms with Crippen LogP contribution in [0, 0.1) is 13.8 Å². The third kappa shape index (κ3) is 2.66. The highest BCUT2D eigenvalue weighted by molar-refractivity contribution is 7.91. The van der Waals surface area contributed by atoms with Gasteiger partial charge in [0.1, 0.15) is 6.29 Å². The maximum absolute atomic E-state index is 12.1. The number of hydrogen-bond donors (Lipinski definition) is 0. The van der Waals surface area contributed by atoms with Crippen LogP contribution in [0.2, 0.25) is 0 Å². The van der Waals surface area contributed by atoms with E-state index in [1.807, 2.05) is 26.0 Å². The van der Waals surface area contributed by atoms with Crippen molar-refractivity contribution in [2.45, 2.75) is 25.3 Å². The second kappa shape index (κ2) is 5.09. The largest absolute Gasteiger partial charge is 0.303 e. The van der Waals surface area contributed by atoms with Crippen molar-refractivity contribution in [2.24, 2.45) is 0 Å². The number of aromatic nitrogens is 1. The van der Waals surface area contributed by atoms with Gasteiger partial charge in [0, 0.05) is 11.8 Å². The third-order valence-electron chi connectivity index (χ3n) is 3.04. The summed E-state index contributed by atoms with van der Waals surface area (Å²) in [6.07, 6.45) is 0.602. The fourth-order valence-electron chi connectivity index (χ4n) is 2.13. The van der Waals surface area contributed by atoms with E-state index in [1.54, 1.807) is 12.1 Å². The molecule has 2 rings (SSSR count). The van der Waals surface area contributed by atoms with Crippen LogP contribution in [0.15, 0.2) is 29.3 Å². The molecule has 1 aromatic heterocycles. The fraction of sp³-hybridized carbons (Fsp3) is 0.286. The molecule has 5 heteroatoms. The van der Waals surface area contributed by atoms with Gasteiger partial charge in [0.2, 0.25) is 0 Å². The highest BCUT2D eigenvalue weighted by atomic mass is 32.2. The predicted molar refractivity (Wildman–Crippen MR) is 74.0 cm³/mol. The number of carbonyl (C=O) groups excluding carboxylic acids is 1. The van der Waals surface area contributed by atoms with Crippen molar-refractivity contribution in [3.05, 3.63) is 35.4 Å². The van der Waals surface area contributed by atoms with E-state index in [9.17, 15) is 13.2 Å². The summed E-state index contributed by atoms with van der Waals surface area (Å²) < 4.78 is 24.1.